The van der Waals surface area contributed by atoms with Crippen LogP contribution < -0.4 is 4.74 Å². The van der Waals surface area contributed by atoms with E-state index in [0.717, 1.165) is 63.4 Å². The third-order valence-electron chi connectivity index (χ3n) is 8.73. The normalized spacial score (nSPS) is 20.6. The van der Waals surface area contributed by atoms with Gasteiger partial charge in [0.2, 0.25) is 0 Å². The number of ether oxygens (including phenoxy) is 1. The van der Waals surface area contributed by atoms with E-state index in [9.17, 15) is 20.4 Å². The second-order valence-corrected chi connectivity index (χ2v) is 14.1. The first-order valence-electron chi connectivity index (χ1n) is 16.5. The molecule has 3 unspecified atom stereocenters. The molecule has 0 bridgehead atoms. The lowest BCUT2D eigenvalue weighted by atomic mass is 9.78. The molecule has 0 radical (unpaired) electrons. The molecule has 3 atom stereocenters. The molecule has 0 aliphatic heterocycles. The van der Waals surface area contributed by atoms with Crippen LogP contribution in [0.3, 0.4) is 0 Å². The predicted molar refractivity (Wildman–Crippen MR) is 193 cm³/mol. The summed E-state index contributed by atoms with van der Waals surface area (Å²) in [6.07, 6.45) is 18.6. The van der Waals surface area contributed by atoms with E-state index < -0.39 is 16.8 Å². The fraction of sp³-hybridized carbons (Fsp3) is 0.600. The summed E-state index contributed by atoms with van der Waals surface area (Å²) < 4.78 is 4.95. The van der Waals surface area contributed by atoms with Crippen molar-refractivity contribution in [2.45, 2.75) is 137 Å². The molecular weight excluding hydrogens is 560 g/mol. The number of benzene rings is 1. The molecular formula is C40H66O5. The Balaban J connectivity index is 0.000000574. The summed E-state index contributed by atoms with van der Waals surface area (Å²) in [6, 6.07) is 5.27. The lowest BCUT2D eigenvalue weighted by Crippen LogP contribution is -2.36. The first kappa shape index (κ1) is 42.4. The highest BCUT2D eigenvalue weighted by Crippen LogP contribution is 2.33. The minimum Gasteiger partial charge on any atom is -0.504 e. The molecule has 4 N–H and O–H groups in total. The monoisotopic (exact) mass is 626 g/mol. The quantitative estimate of drug-likeness (QED) is 0.205. The Labute approximate surface area is 276 Å². The third kappa shape index (κ3) is 18.2. The molecule has 0 amide bonds. The summed E-state index contributed by atoms with van der Waals surface area (Å²) in [6.45, 7) is 25.4. The van der Waals surface area contributed by atoms with Crippen LogP contribution in [0.4, 0.5) is 0 Å². The zero-order valence-corrected chi connectivity index (χ0v) is 30.2. The second kappa shape index (κ2) is 20.5. The van der Waals surface area contributed by atoms with Crippen LogP contribution >= 0.6 is 0 Å². The van der Waals surface area contributed by atoms with Crippen molar-refractivity contribution in [1.29, 1.82) is 0 Å². The van der Waals surface area contributed by atoms with Crippen LogP contribution in [0.15, 0.2) is 78.5 Å². The van der Waals surface area contributed by atoms with Crippen molar-refractivity contribution in [2.75, 3.05) is 7.11 Å². The molecule has 0 heterocycles. The zero-order valence-electron chi connectivity index (χ0n) is 30.2. The number of aliphatic hydroxyl groups is 3. The Morgan fingerprint density at radius 3 is 2.11 bits per heavy atom. The van der Waals surface area contributed by atoms with E-state index in [2.05, 4.69) is 72.9 Å². The van der Waals surface area contributed by atoms with Gasteiger partial charge in [-0.15, -0.1) is 13.2 Å². The molecule has 2 aliphatic rings. The number of aromatic hydroxyl groups is 1. The van der Waals surface area contributed by atoms with Gasteiger partial charge in [0.1, 0.15) is 0 Å². The fourth-order valence-electron chi connectivity index (χ4n) is 4.87. The van der Waals surface area contributed by atoms with Crippen LogP contribution in [0.25, 0.3) is 0 Å². The molecule has 0 aromatic heterocycles. The van der Waals surface area contributed by atoms with Gasteiger partial charge < -0.3 is 25.2 Å². The van der Waals surface area contributed by atoms with Gasteiger partial charge in [-0.2, -0.15) is 0 Å². The number of allylic oxidation sites excluding steroid dienone is 6. The standard InChI is InChI=1S/C10H12O2.3C10H18O/c1-3-4-8-5-6-9(11)10(7-8)12-2;1-8-4-6-9(7-5-8)10(2,3)11;1-8(2)10(11)6-4-9(3)5-7-10;1-5-10(4,11)8-6-7-9(2)3/h3,5-7,11H,1,4H2,2H3;4,9,11H,5-7H2,1-3H3;4,8,11H,5-7H2,1-3H3;5,7,11H,1,6,8H2,2-4H3. The van der Waals surface area contributed by atoms with Crippen LogP contribution in [0.2, 0.25) is 0 Å². The van der Waals surface area contributed by atoms with Crippen LogP contribution in [-0.2, 0) is 6.42 Å². The predicted octanol–water partition coefficient (Wildman–Crippen LogP) is 9.81. The number of rotatable bonds is 9. The van der Waals surface area contributed by atoms with Crippen molar-refractivity contribution in [1.82, 2.24) is 0 Å². The molecule has 5 nitrogen and oxygen atoms in total. The maximum atomic E-state index is 10.0. The van der Waals surface area contributed by atoms with Crippen LogP contribution in [0, 0.1) is 11.8 Å². The van der Waals surface area contributed by atoms with E-state index in [1.165, 1.54) is 23.8 Å². The average Bonchev–Trinajstić information content (AvgIpc) is 2.96. The molecule has 256 valence electrons. The molecule has 2 aliphatic carbocycles. The summed E-state index contributed by atoms with van der Waals surface area (Å²) in [5.74, 6) is 1.53. The lowest BCUT2D eigenvalue weighted by molar-refractivity contribution is -0.0140. The summed E-state index contributed by atoms with van der Waals surface area (Å²) in [7, 11) is 1.53. The van der Waals surface area contributed by atoms with Crippen molar-refractivity contribution >= 4 is 0 Å². The number of hydrogen-bond donors (Lipinski definition) is 4. The van der Waals surface area contributed by atoms with Crippen LogP contribution in [0.1, 0.15) is 119 Å². The number of phenolic OH excluding ortho intramolecular Hbond substituents is 1. The Hall–Kier alpha value is -2.60. The Kier molecular flexibility index (Phi) is 19.3. The van der Waals surface area contributed by atoms with E-state index in [1.54, 1.807) is 25.1 Å². The van der Waals surface area contributed by atoms with Gasteiger partial charge in [0.05, 0.1) is 23.9 Å². The van der Waals surface area contributed by atoms with Crippen molar-refractivity contribution in [3.63, 3.8) is 0 Å². The summed E-state index contributed by atoms with van der Waals surface area (Å²) in [5.41, 5.74) is 3.67. The minimum atomic E-state index is -0.702. The highest BCUT2D eigenvalue weighted by Gasteiger charge is 2.31. The number of hydrogen-bond acceptors (Lipinski definition) is 5. The highest BCUT2D eigenvalue weighted by atomic mass is 16.5. The van der Waals surface area contributed by atoms with Gasteiger partial charge in [-0.25, -0.2) is 0 Å². The molecule has 5 heteroatoms. The van der Waals surface area contributed by atoms with Crippen molar-refractivity contribution in [3.05, 3.63) is 84.0 Å². The maximum Gasteiger partial charge on any atom is 0.160 e. The van der Waals surface area contributed by atoms with Gasteiger partial charge in [0, 0.05) is 0 Å². The van der Waals surface area contributed by atoms with Crippen molar-refractivity contribution in [2.24, 2.45) is 11.8 Å². The van der Waals surface area contributed by atoms with E-state index in [-0.39, 0.29) is 5.75 Å². The summed E-state index contributed by atoms with van der Waals surface area (Å²) in [5, 5.41) is 38.5. The Bertz CT molecular complexity index is 1110. The fourth-order valence-corrected chi connectivity index (χ4v) is 4.87. The molecule has 3 rings (SSSR count). The van der Waals surface area contributed by atoms with Gasteiger partial charge >= 0.3 is 0 Å². The average molecular weight is 627 g/mol. The van der Waals surface area contributed by atoms with Crippen LogP contribution in [0.5, 0.6) is 11.5 Å². The van der Waals surface area contributed by atoms with E-state index in [4.69, 9.17) is 4.74 Å². The third-order valence-corrected chi connectivity index (χ3v) is 8.73. The van der Waals surface area contributed by atoms with Gasteiger partial charge in [0.15, 0.2) is 11.5 Å². The SMILES string of the molecule is C=CC(C)(O)CCC=C(C)C.C=CCc1ccc(O)c(OC)c1.CC1=CCC(C(C)(C)O)CC1.CC1=CCC(O)(C(C)C)CC1. The van der Waals surface area contributed by atoms with Gasteiger partial charge in [-0.05, 0) is 136 Å². The van der Waals surface area contributed by atoms with Gasteiger partial charge in [-0.3, -0.25) is 0 Å². The minimum absolute atomic E-state index is 0.172. The smallest absolute Gasteiger partial charge is 0.160 e. The van der Waals surface area contributed by atoms with Gasteiger partial charge in [-0.1, -0.05) is 67.0 Å². The zero-order chi connectivity index (χ0) is 34.8. The van der Waals surface area contributed by atoms with E-state index in [1.807, 2.05) is 26.0 Å². The molecule has 1 aromatic carbocycles. The van der Waals surface area contributed by atoms with Crippen LogP contribution in [-0.4, -0.2) is 44.3 Å². The molecule has 45 heavy (non-hydrogen) atoms. The lowest BCUT2D eigenvalue weighted by Gasteiger charge is -2.34. The van der Waals surface area contributed by atoms with E-state index >= 15 is 0 Å². The second-order valence-electron chi connectivity index (χ2n) is 14.1. The Morgan fingerprint density at radius 1 is 1.07 bits per heavy atom. The van der Waals surface area contributed by atoms with Crippen molar-refractivity contribution < 1.29 is 25.2 Å². The molecule has 0 saturated carbocycles. The molecule has 0 saturated heterocycles. The number of phenols is 1. The van der Waals surface area contributed by atoms with Gasteiger partial charge in [0.25, 0.3) is 0 Å². The molecule has 1 aromatic rings. The highest BCUT2D eigenvalue weighted by molar-refractivity contribution is 5.42. The molecule has 0 fully saturated rings. The van der Waals surface area contributed by atoms with E-state index in [0.29, 0.717) is 17.6 Å². The number of methoxy groups -OCH3 is 1. The Morgan fingerprint density at radius 2 is 1.69 bits per heavy atom. The molecule has 0 spiro atoms. The topological polar surface area (TPSA) is 90.2 Å². The summed E-state index contributed by atoms with van der Waals surface area (Å²) in [4.78, 5) is 0. The first-order valence-corrected chi connectivity index (χ1v) is 16.5. The maximum absolute atomic E-state index is 10.0. The van der Waals surface area contributed by atoms with Crippen molar-refractivity contribution in [3.8, 4) is 11.5 Å². The largest absolute Gasteiger partial charge is 0.504 e. The first-order chi connectivity index (χ1) is 20.8. The summed E-state index contributed by atoms with van der Waals surface area (Å²) >= 11 is 0.